The highest BCUT2D eigenvalue weighted by Gasteiger charge is 2.57. The van der Waals surface area contributed by atoms with E-state index < -0.39 is 31.8 Å². The van der Waals surface area contributed by atoms with E-state index in [1.54, 1.807) is 45.4 Å². The van der Waals surface area contributed by atoms with Gasteiger partial charge in [-0.15, -0.1) is 11.3 Å². The Kier molecular flexibility index (Phi) is 7.74. The Balaban J connectivity index is 1.30. The fraction of sp³-hybridized carbons (Fsp3) is 0.300. The van der Waals surface area contributed by atoms with E-state index in [0.717, 1.165) is 10.9 Å². The van der Waals surface area contributed by atoms with Crippen LogP contribution in [0.25, 0.3) is 10.1 Å². The standard InChI is InChI=1S/C30H33N4O5PS/c1-31(18-21-20-41-27-15-9-8-14-25(21)27)29(35)34-24-16-17-26(34)28(40(37,38)39)32(19-24)30(36)33(22-10-4-2-5-11-22)23-12-6-3-7-13-23/h2-15,20,24,26,28-29,35H,16-19H2,1H3,(H2,37,38,39)/t24-,26+,28+,29?/m0/s1. The molecule has 6 rings (SSSR count). The molecule has 0 radical (unpaired) electrons. The summed E-state index contributed by atoms with van der Waals surface area (Å²) in [4.78, 5) is 42.0. The minimum atomic E-state index is -4.81. The molecule has 3 aromatic carbocycles. The summed E-state index contributed by atoms with van der Waals surface area (Å²) in [5.41, 5.74) is 2.29. The van der Waals surface area contributed by atoms with Gasteiger partial charge in [0.1, 0.15) is 0 Å². The zero-order valence-electron chi connectivity index (χ0n) is 22.6. The van der Waals surface area contributed by atoms with Crippen LogP contribution < -0.4 is 4.90 Å². The van der Waals surface area contributed by atoms with Crippen molar-refractivity contribution in [1.82, 2.24) is 14.7 Å². The van der Waals surface area contributed by atoms with Crippen LogP contribution in [0.2, 0.25) is 0 Å². The molecule has 2 bridgehead atoms. The second kappa shape index (κ2) is 11.3. The smallest absolute Gasteiger partial charge is 0.349 e. The quantitative estimate of drug-likeness (QED) is 0.200. The molecule has 11 heteroatoms. The highest BCUT2D eigenvalue weighted by molar-refractivity contribution is 7.52. The van der Waals surface area contributed by atoms with Crippen LogP contribution in [-0.4, -0.2) is 73.4 Å². The normalized spacial score (nSPS) is 21.9. The van der Waals surface area contributed by atoms with Gasteiger partial charge in [0.2, 0.25) is 0 Å². The molecule has 1 unspecified atom stereocenters. The molecular formula is C30H33N4O5PS. The maximum Gasteiger partial charge on any atom is 0.349 e. The minimum absolute atomic E-state index is 0.0908. The largest absolute Gasteiger partial charge is 0.365 e. The van der Waals surface area contributed by atoms with Crippen molar-refractivity contribution in [3.63, 3.8) is 0 Å². The van der Waals surface area contributed by atoms with E-state index in [1.807, 2.05) is 55.6 Å². The summed E-state index contributed by atoms with van der Waals surface area (Å²) in [7, 11) is -3.00. The second-order valence-electron chi connectivity index (χ2n) is 10.7. The average molecular weight is 593 g/mol. The number of thiophene rings is 1. The van der Waals surface area contributed by atoms with E-state index in [2.05, 4.69) is 17.5 Å². The van der Waals surface area contributed by atoms with Gasteiger partial charge in [0, 0.05) is 29.9 Å². The fourth-order valence-corrected chi connectivity index (χ4v) is 8.57. The van der Waals surface area contributed by atoms with Gasteiger partial charge in [-0.3, -0.25) is 19.3 Å². The van der Waals surface area contributed by atoms with Crippen molar-refractivity contribution in [3.05, 3.63) is 95.9 Å². The van der Waals surface area contributed by atoms with Gasteiger partial charge in [-0.1, -0.05) is 54.6 Å². The number of rotatable bonds is 7. The second-order valence-corrected chi connectivity index (χ2v) is 13.3. The summed E-state index contributed by atoms with van der Waals surface area (Å²) in [5.74, 6) is -1.39. The number of likely N-dealkylation sites (tertiary alicyclic amines) is 1. The Hall–Kier alpha value is -3.08. The molecule has 2 aliphatic rings. The lowest BCUT2D eigenvalue weighted by Crippen LogP contribution is -2.66. The van der Waals surface area contributed by atoms with Crippen molar-refractivity contribution >= 4 is 46.4 Å². The van der Waals surface area contributed by atoms with Gasteiger partial charge < -0.3 is 19.8 Å². The zero-order valence-corrected chi connectivity index (χ0v) is 24.3. The molecule has 2 fully saturated rings. The molecule has 4 atom stereocenters. The lowest BCUT2D eigenvalue weighted by molar-refractivity contribution is -0.146. The van der Waals surface area contributed by atoms with Crippen LogP contribution in [-0.2, 0) is 11.1 Å². The first-order valence-corrected chi connectivity index (χ1v) is 16.2. The zero-order chi connectivity index (χ0) is 28.7. The highest BCUT2D eigenvalue weighted by atomic mass is 32.1. The summed E-state index contributed by atoms with van der Waals surface area (Å²) in [6, 6.07) is 24.9. The van der Waals surface area contributed by atoms with E-state index in [0.29, 0.717) is 30.8 Å². The van der Waals surface area contributed by atoms with Gasteiger partial charge in [-0.25, -0.2) is 4.79 Å². The average Bonchev–Trinajstić information content (AvgIpc) is 3.51. The molecule has 2 saturated heterocycles. The first-order chi connectivity index (χ1) is 19.7. The molecule has 41 heavy (non-hydrogen) atoms. The topological polar surface area (TPSA) is 108 Å². The molecule has 2 amide bonds. The van der Waals surface area contributed by atoms with Crippen molar-refractivity contribution in [3.8, 4) is 0 Å². The van der Waals surface area contributed by atoms with Gasteiger partial charge in [0.25, 0.3) is 0 Å². The molecule has 3 N–H and O–H groups in total. The first-order valence-electron chi connectivity index (χ1n) is 13.6. The molecule has 1 aromatic heterocycles. The Morgan fingerprint density at radius 3 is 2.22 bits per heavy atom. The monoisotopic (exact) mass is 592 g/mol. The fourth-order valence-electron chi connectivity index (χ4n) is 6.31. The molecule has 9 nitrogen and oxygen atoms in total. The number of aliphatic hydroxyl groups is 1. The number of hydrogen-bond acceptors (Lipinski definition) is 6. The van der Waals surface area contributed by atoms with Crippen molar-refractivity contribution < 1.29 is 24.3 Å². The van der Waals surface area contributed by atoms with E-state index in [-0.39, 0.29) is 12.6 Å². The highest BCUT2D eigenvalue weighted by Crippen LogP contribution is 2.53. The Morgan fingerprint density at radius 2 is 1.59 bits per heavy atom. The molecule has 0 saturated carbocycles. The molecule has 214 valence electrons. The van der Waals surface area contributed by atoms with Crippen molar-refractivity contribution in [2.24, 2.45) is 0 Å². The van der Waals surface area contributed by atoms with Crippen LogP contribution in [0.4, 0.5) is 16.2 Å². The number of aliphatic hydroxyl groups excluding tert-OH is 1. The number of amides is 2. The molecule has 0 aliphatic carbocycles. The molecule has 4 aromatic rings. The van der Waals surface area contributed by atoms with E-state index in [1.165, 1.54) is 14.5 Å². The third-order valence-corrected chi connectivity index (χ3v) is 10.4. The van der Waals surface area contributed by atoms with Gasteiger partial charge in [0.05, 0.1) is 11.4 Å². The van der Waals surface area contributed by atoms with Gasteiger partial charge >= 0.3 is 13.6 Å². The van der Waals surface area contributed by atoms with Crippen molar-refractivity contribution in [1.29, 1.82) is 0 Å². The lowest BCUT2D eigenvalue weighted by atomic mass is 10.1. The number of para-hydroxylation sites is 2. The summed E-state index contributed by atoms with van der Waals surface area (Å²) < 4.78 is 14.3. The number of nitrogens with zero attached hydrogens (tertiary/aromatic N) is 4. The van der Waals surface area contributed by atoms with Crippen molar-refractivity contribution in [2.45, 2.75) is 43.6 Å². The van der Waals surface area contributed by atoms with Gasteiger partial charge in [0.15, 0.2) is 12.1 Å². The van der Waals surface area contributed by atoms with Crippen LogP contribution in [0.1, 0.15) is 18.4 Å². The Morgan fingerprint density at radius 1 is 0.976 bits per heavy atom. The summed E-state index contributed by atoms with van der Waals surface area (Å²) in [6.07, 6.45) is 0.0120. The Bertz CT molecular complexity index is 1530. The number of fused-ring (bicyclic) bond motifs is 3. The summed E-state index contributed by atoms with van der Waals surface area (Å²) in [5, 5.41) is 14.8. The molecule has 2 aliphatic heterocycles. The minimum Gasteiger partial charge on any atom is -0.365 e. The number of carbonyl (C=O) groups is 1. The third kappa shape index (κ3) is 5.33. The van der Waals surface area contributed by atoms with Crippen LogP contribution in [0, 0.1) is 0 Å². The number of anilines is 2. The summed E-state index contributed by atoms with van der Waals surface area (Å²) in [6.45, 7) is 0.563. The van der Waals surface area contributed by atoms with E-state index in [9.17, 15) is 24.3 Å². The predicted octanol–water partition coefficient (Wildman–Crippen LogP) is 5.22. The van der Waals surface area contributed by atoms with E-state index >= 15 is 0 Å². The predicted molar refractivity (Wildman–Crippen MR) is 161 cm³/mol. The van der Waals surface area contributed by atoms with Gasteiger partial charge in [-0.05, 0) is 66.6 Å². The third-order valence-electron chi connectivity index (χ3n) is 8.12. The number of hydrogen-bond donors (Lipinski definition) is 3. The van der Waals surface area contributed by atoms with Crippen LogP contribution >= 0.6 is 18.9 Å². The Labute approximate surface area is 243 Å². The molecular weight excluding hydrogens is 559 g/mol. The maximum absolute atomic E-state index is 14.2. The molecule has 0 spiro atoms. The number of benzene rings is 3. The van der Waals surface area contributed by atoms with Crippen molar-refractivity contribution in [2.75, 3.05) is 18.5 Å². The van der Waals surface area contributed by atoms with Crippen LogP contribution in [0.3, 0.4) is 0 Å². The number of piperazine rings is 1. The maximum atomic E-state index is 14.2. The summed E-state index contributed by atoms with van der Waals surface area (Å²) >= 11 is 1.65. The van der Waals surface area contributed by atoms with Crippen LogP contribution in [0.5, 0.6) is 0 Å². The SMILES string of the molecule is CN(Cc1csc2ccccc12)C(O)N1[C@H]2CC[C@@H]1[C@@H](P(=O)(O)O)N(C(=O)N(c1ccccc1)c1ccccc1)C2. The first kappa shape index (κ1) is 28.1. The van der Waals surface area contributed by atoms with E-state index in [4.69, 9.17) is 0 Å². The lowest BCUT2D eigenvalue weighted by Gasteiger charge is -2.50. The van der Waals surface area contributed by atoms with Gasteiger partial charge in [-0.2, -0.15) is 0 Å². The number of carbonyl (C=O) groups excluding carboxylic acids is 1. The number of urea groups is 1. The molecule has 3 heterocycles. The van der Waals surface area contributed by atoms with Crippen LogP contribution in [0.15, 0.2) is 90.3 Å².